The highest BCUT2D eigenvalue weighted by atomic mass is 127. The monoisotopic (exact) mass is 348 g/mol. The van der Waals surface area contributed by atoms with E-state index in [0.717, 1.165) is 36.2 Å². The molecule has 1 aromatic rings. The topological polar surface area (TPSA) is 64.3 Å². The molecule has 5 nitrogen and oxygen atoms in total. The number of halogens is 1. The van der Waals surface area contributed by atoms with E-state index in [1.807, 2.05) is 0 Å². The zero-order valence-corrected chi connectivity index (χ0v) is 12.1. The summed E-state index contributed by atoms with van der Waals surface area (Å²) in [4.78, 5) is 11.0. The molecule has 1 saturated heterocycles. The number of rotatable bonds is 3. The van der Waals surface area contributed by atoms with Crippen molar-refractivity contribution < 1.29 is 4.74 Å². The van der Waals surface area contributed by atoms with Crippen molar-refractivity contribution in [2.24, 2.45) is 0 Å². The SMILES string of the molecule is CCCN1CCOC(c2ncc(I)c(N)n2)C1. The van der Waals surface area contributed by atoms with Crippen LogP contribution in [0.5, 0.6) is 0 Å². The smallest absolute Gasteiger partial charge is 0.160 e. The van der Waals surface area contributed by atoms with Crippen molar-refractivity contribution in [2.75, 3.05) is 32.0 Å². The number of nitrogens with two attached hydrogens (primary N) is 1. The second kappa shape index (κ2) is 5.92. The second-order valence-electron chi connectivity index (χ2n) is 4.12. The van der Waals surface area contributed by atoms with Crippen LogP contribution in [-0.4, -0.2) is 41.1 Å². The van der Waals surface area contributed by atoms with Gasteiger partial charge in [0.2, 0.25) is 0 Å². The normalized spacial score (nSPS) is 21.6. The van der Waals surface area contributed by atoms with E-state index in [1.165, 1.54) is 0 Å². The Morgan fingerprint density at radius 3 is 3.18 bits per heavy atom. The first kappa shape index (κ1) is 13.0. The van der Waals surface area contributed by atoms with Crippen LogP contribution < -0.4 is 5.73 Å². The Morgan fingerprint density at radius 1 is 1.65 bits per heavy atom. The minimum atomic E-state index is -0.0467. The van der Waals surface area contributed by atoms with Crippen LogP contribution in [-0.2, 0) is 4.74 Å². The van der Waals surface area contributed by atoms with Crippen molar-refractivity contribution >= 4 is 28.4 Å². The molecule has 17 heavy (non-hydrogen) atoms. The van der Waals surface area contributed by atoms with Crippen molar-refractivity contribution in [3.05, 3.63) is 15.6 Å². The van der Waals surface area contributed by atoms with Gasteiger partial charge in [-0.2, -0.15) is 0 Å². The lowest BCUT2D eigenvalue weighted by Gasteiger charge is -2.31. The number of nitrogens with zero attached hydrogens (tertiary/aromatic N) is 3. The largest absolute Gasteiger partial charge is 0.383 e. The molecule has 1 aromatic heterocycles. The van der Waals surface area contributed by atoms with Gasteiger partial charge in [-0.3, -0.25) is 4.90 Å². The van der Waals surface area contributed by atoms with Crippen LogP contribution in [0.1, 0.15) is 25.3 Å². The molecule has 94 valence electrons. The lowest BCUT2D eigenvalue weighted by atomic mass is 10.2. The molecule has 1 fully saturated rings. The highest BCUT2D eigenvalue weighted by molar-refractivity contribution is 14.1. The quantitative estimate of drug-likeness (QED) is 0.838. The molecule has 0 spiro atoms. The molecule has 0 radical (unpaired) electrons. The van der Waals surface area contributed by atoms with Crippen LogP contribution in [0, 0.1) is 3.57 Å². The van der Waals surface area contributed by atoms with E-state index in [2.05, 4.69) is 44.4 Å². The summed E-state index contributed by atoms with van der Waals surface area (Å²) in [6.07, 6.45) is 2.86. The van der Waals surface area contributed by atoms with E-state index >= 15 is 0 Å². The molecule has 1 atom stereocenters. The molecule has 2 heterocycles. The standard InChI is InChI=1S/C11H17IN4O/c1-2-3-16-4-5-17-9(7-16)11-14-6-8(12)10(13)15-11/h6,9H,2-5,7H2,1H3,(H2,13,14,15). The van der Waals surface area contributed by atoms with E-state index in [1.54, 1.807) is 6.20 Å². The molecule has 0 bridgehead atoms. The van der Waals surface area contributed by atoms with Crippen LogP contribution >= 0.6 is 22.6 Å². The molecule has 1 aliphatic heterocycles. The van der Waals surface area contributed by atoms with E-state index < -0.39 is 0 Å². The summed E-state index contributed by atoms with van der Waals surface area (Å²) in [7, 11) is 0. The maximum atomic E-state index is 5.79. The first-order chi connectivity index (χ1) is 8.20. The Hall–Kier alpha value is -0.470. The summed E-state index contributed by atoms with van der Waals surface area (Å²) < 4.78 is 6.59. The third-order valence-electron chi connectivity index (χ3n) is 2.77. The van der Waals surface area contributed by atoms with Crippen molar-refractivity contribution in [2.45, 2.75) is 19.4 Å². The first-order valence-electron chi connectivity index (χ1n) is 5.82. The van der Waals surface area contributed by atoms with Gasteiger partial charge in [-0.1, -0.05) is 6.92 Å². The average Bonchev–Trinajstić information content (AvgIpc) is 2.33. The van der Waals surface area contributed by atoms with E-state index in [4.69, 9.17) is 10.5 Å². The molecule has 0 amide bonds. The van der Waals surface area contributed by atoms with Crippen LogP contribution in [0.4, 0.5) is 5.82 Å². The summed E-state index contributed by atoms with van der Waals surface area (Å²) in [5, 5.41) is 0. The number of anilines is 1. The molecule has 2 rings (SSSR count). The van der Waals surface area contributed by atoms with Gasteiger partial charge in [-0.05, 0) is 35.6 Å². The van der Waals surface area contributed by atoms with Gasteiger partial charge < -0.3 is 10.5 Å². The lowest BCUT2D eigenvalue weighted by Crippen LogP contribution is -2.39. The predicted octanol–water partition coefficient (Wildman–Crippen LogP) is 1.45. The highest BCUT2D eigenvalue weighted by Crippen LogP contribution is 2.21. The minimum absolute atomic E-state index is 0.0467. The molecule has 1 aliphatic rings. The van der Waals surface area contributed by atoms with Gasteiger partial charge in [0, 0.05) is 19.3 Å². The Morgan fingerprint density at radius 2 is 2.47 bits per heavy atom. The molecular formula is C11H17IN4O. The fourth-order valence-electron chi connectivity index (χ4n) is 1.93. The molecular weight excluding hydrogens is 331 g/mol. The molecule has 1 unspecified atom stereocenters. The number of aromatic nitrogens is 2. The number of ether oxygens (including phenoxy) is 1. The van der Waals surface area contributed by atoms with Crippen molar-refractivity contribution in [1.82, 2.24) is 14.9 Å². The predicted molar refractivity (Wildman–Crippen MR) is 74.6 cm³/mol. The van der Waals surface area contributed by atoms with Gasteiger partial charge >= 0.3 is 0 Å². The van der Waals surface area contributed by atoms with E-state index in [0.29, 0.717) is 11.6 Å². The van der Waals surface area contributed by atoms with Crippen LogP contribution in [0.2, 0.25) is 0 Å². The van der Waals surface area contributed by atoms with Gasteiger partial charge in [0.15, 0.2) is 5.82 Å². The zero-order chi connectivity index (χ0) is 12.3. The Bertz CT molecular complexity index is 386. The molecule has 0 saturated carbocycles. The number of morpholine rings is 1. The molecule has 6 heteroatoms. The fourth-order valence-corrected chi connectivity index (χ4v) is 2.19. The van der Waals surface area contributed by atoms with Crippen LogP contribution in [0.3, 0.4) is 0 Å². The zero-order valence-electron chi connectivity index (χ0n) is 9.90. The maximum Gasteiger partial charge on any atom is 0.160 e. The second-order valence-corrected chi connectivity index (χ2v) is 5.28. The third-order valence-corrected chi connectivity index (χ3v) is 3.60. The van der Waals surface area contributed by atoms with Crippen molar-refractivity contribution in [3.8, 4) is 0 Å². The number of nitrogen functional groups attached to an aromatic ring is 1. The van der Waals surface area contributed by atoms with Gasteiger partial charge in [-0.15, -0.1) is 0 Å². The molecule has 0 aromatic carbocycles. The third kappa shape index (κ3) is 3.26. The Kier molecular flexibility index (Phi) is 4.52. The van der Waals surface area contributed by atoms with Gasteiger partial charge in [0.25, 0.3) is 0 Å². The highest BCUT2D eigenvalue weighted by Gasteiger charge is 2.23. The van der Waals surface area contributed by atoms with Crippen molar-refractivity contribution in [1.29, 1.82) is 0 Å². The molecule has 0 aliphatic carbocycles. The average molecular weight is 348 g/mol. The number of hydrogen-bond acceptors (Lipinski definition) is 5. The van der Waals surface area contributed by atoms with Gasteiger partial charge in [0.1, 0.15) is 11.9 Å². The minimum Gasteiger partial charge on any atom is -0.383 e. The first-order valence-corrected chi connectivity index (χ1v) is 6.90. The van der Waals surface area contributed by atoms with Gasteiger partial charge in [0.05, 0.1) is 10.2 Å². The Balaban J connectivity index is 2.08. The Labute approximate surface area is 115 Å². The molecule has 2 N–H and O–H groups in total. The van der Waals surface area contributed by atoms with E-state index in [9.17, 15) is 0 Å². The summed E-state index contributed by atoms with van der Waals surface area (Å²) in [6, 6.07) is 0. The summed E-state index contributed by atoms with van der Waals surface area (Å²) in [5.41, 5.74) is 5.79. The van der Waals surface area contributed by atoms with E-state index in [-0.39, 0.29) is 6.10 Å². The fraction of sp³-hybridized carbons (Fsp3) is 0.636. The summed E-state index contributed by atoms with van der Waals surface area (Å²) >= 11 is 2.13. The van der Waals surface area contributed by atoms with Gasteiger partial charge in [-0.25, -0.2) is 9.97 Å². The summed E-state index contributed by atoms with van der Waals surface area (Å²) in [6.45, 7) is 5.86. The van der Waals surface area contributed by atoms with Crippen molar-refractivity contribution in [3.63, 3.8) is 0 Å². The summed E-state index contributed by atoms with van der Waals surface area (Å²) in [5.74, 6) is 1.23. The van der Waals surface area contributed by atoms with Crippen LogP contribution in [0.15, 0.2) is 6.20 Å². The maximum absolute atomic E-state index is 5.79. The van der Waals surface area contributed by atoms with Crippen LogP contribution in [0.25, 0.3) is 0 Å². The number of hydrogen-bond donors (Lipinski definition) is 1. The lowest BCUT2D eigenvalue weighted by molar-refractivity contribution is -0.0341.